The number of aliphatic hydroxyl groups is 1. The summed E-state index contributed by atoms with van der Waals surface area (Å²) in [7, 11) is 1.64. The molecule has 2 aromatic rings. The average molecular weight is 256 g/mol. The largest absolute Gasteiger partial charge is 0.497 e. The maximum atomic E-state index is 10.2. The van der Waals surface area contributed by atoms with E-state index in [0.717, 1.165) is 22.6 Å². The van der Waals surface area contributed by atoms with Crippen molar-refractivity contribution in [3.8, 4) is 11.5 Å². The van der Waals surface area contributed by atoms with E-state index < -0.39 is 6.10 Å². The molecule has 0 unspecified atom stereocenters. The average Bonchev–Trinajstić information content (AvgIpc) is 2.47. The van der Waals surface area contributed by atoms with Gasteiger partial charge < -0.3 is 14.6 Å². The van der Waals surface area contributed by atoms with Crippen LogP contribution in [0.25, 0.3) is 0 Å². The molecule has 1 aliphatic rings. The van der Waals surface area contributed by atoms with Gasteiger partial charge in [0.25, 0.3) is 0 Å². The van der Waals surface area contributed by atoms with Crippen LogP contribution in [0.15, 0.2) is 48.5 Å². The zero-order valence-electron chi connectivity index (χ0n) is 10.7. The maximum Gasteiger partial charge on any atom is 0.127 e. The molecule has 3 rings (SSSR count). The molecule has 3 heteroatoms. The Morgan fingerprint density at radius 1 is 1.11 bits per heavy atom. The van der Waals surface area contributed by atoms with Gasteiger partial charge in [0.15, 0.2) is 0 Å². The summed E-state index contributed by atoms with van der Waals surface area (Å²) >= 11 is 0. The number of rotatable bonds is 2. The number of benzene rings is 2. The summed E-state index contributed by atoms with van der Waals surface area (Å²) < 4.78 is 11.1. The van der Waals surface area contributed by atoms with Crippen molar-refractivity contribution in [1.82, 2.24) is 0 Å². The van der Waals surface area contributed by atoms with Crippen LogP contribution in [-0.2, 0) is 0 Å². The number of ether oxygens (including phenoxy) is 2. The second-order valence-electron chi connectivity index (χ2n) is 4.67. The first-order chi connectivity index (χ1) is 9.28. The van der Waals surface area contributed by atoms with Crippen molar-refractivity contribution in [2.45, 2.75) is 18.6 Å². The minimum absolute atomic E-state index is 0.115. The summed E-state index contributed by atoms with van der Waals surface area (Å²) in [5.74, 6) is 1.59. The summed E-state index contributed by atoms with van der Waals surface area (Å²) in [4.78, 5) is 0. The Hall–Kier alpha value is -2.00. The fourth-order valence-corrected chi connectivity index (χ4v) is 2.42. The van der Waals surface area contributed by atoms with Crippen LogP contribution in [0.4, 0.5) is 0 Å². The fourth-order valence-electron chi connectivity index (χ4n) is 2.42. The molecular weight excluding hydrogens is 240 g/mol. The van der Waals surface area contributed by atoms with Gasteiger partial charge in [0.1, 0.15) is 17.6 Å². The second kappa shape index (κ2) is 4.94. The van der Waals surface area contributed by atoms with Gasteiger partial charge in [-0.25, -0.2) is 0 Å². The molecule has 0 radical (unpaired) electrons. The van der Waals surface area contributed by atoms with Crippen molar-refractivity contribution in [3.05, 3.63) is 59.7 Å². The van der Waals surface area contributed by atoms with Gasteiger partial charge in [0.2, 0.25) is 0 Å². The van der Waals surface area contributed by atoms with E-state index in [1.54, 1.807) is 7.11 Å². The number of aliphatic hydroxyl groups excluding tert-OH is 1. The lowest BCUT2D eigenvalue weighted by atomic mass is 9.95. The molecule has 0 bridgehead atoms. The van der Waals surface area contributed by atoms with Crippen LogP contribution in [0, 0.1) is 0 Å². The van der Waals surface area contributed by atoms with E-state index in [1.165, 1.54) is 0 Å². The normalized spacial score (nSPS) is 21.4. The smallest absolute Gasteiger partial charge is 0.127 e. The van der Waals surface area contributed by atoms with Crippen LogP contribution in [0.3, 0.4) is 0 Å². The Labute approximate surface area is 112 Å². The highest BCUT2D eigenvalue weighted by molar-refractivity contribution is 5.39. The van der Waals surface area contributed by atoms with Gasteiger partial charge in [0, 0.05) is 12.0 Å². The fraction of sp³-hybridized carbons (Fsp3) is 0.250. The van der Waals surface area contributed by atoms with Crippen LogP contribution >= 0.6 is 0 Å². The summed E-state index contributed by atoms with van der Waals surface area (Å²) in [6.45, 7) is 0. The van der Waals surface area contributed by atoms with Crippen LogP contribution < -0.4 is 9.47 Å². The summed E-state index contributed by atoms with van der Waals surface area (Å²) in [6.07, 6.45) is -0.0172. The third kappa shape index (κ3) is 2.29. The third-order valence-electron chi connectivity index (χ3n) is 3.47. The van der Waals surface area contributed by atoms with Crippen LogP contribution in [-0.4, -0.2) is 12.2 Å². The molecule has 0 saturated heterocycles. The number of para-hydroxylation sites is 1. The quantitative estimate of drug-likeness (QED) is 0.896. The topological polar surface area (TPSA) is 38.7 Å². The Bertz CT molecular complexity index is 562. The van der Waals surface area contributed by atoms with Crippen molar-refractivity contribution in [3.63, 3.8) is 0 Å². The molecule has 0 amide bonds. The first kappa shape index (κ1) is 12.1. The van der Waals surface area contributed by atoms with E-state index in [4.69, 9.17) is 9.47 Å². The summed E-state index contributed by atoms with van der Waals surface area (Å²) in [6, 6.07) is 15.4. The maximum absolute atomic E-state index is 10.2. The standard InChI is InChI=1S/C16H16O3/c1-18-12-8-6-11(7-9-12)16-10-14(17)13-4-2-3-5-15(13)19-16/h2-9,14,16-17H,10H2,1H3/t14-,16-/m1/s1. The highest BCUT2D eigenvalue weighted by atomic mass is 16.5. The molecule has 19 heavy (non-hydrogen) atoms. The number of methoxy groups -OCH3 is 1. The number of fused-ring (bicyclic) bond motifs is 1. The minimum atomic E-state index is -0.475. The van der Waals surface area contributed by atoms with Gasteiger partial charge in [-0.2, -0.15) is 0 Å². The van der Waals surface area contributed by atoms with Crippen LogP contribution in [0.1, 0.15) is 29.8 Å². The van der Waals surface area contributed by atoms with Gasteiger partial charge in [0.05, 0.1) is 13.2 Å². The molecule has 0 saturated carbocycles. The molecule has 0 spiro atoms. The molecule has 2 atom stereocenters. The molecule has 2 aromatic carbocycles. The van der Waals surface area contributed by atoms with Gasteiger partial charge in [-0.15, -0.1) is 0 Å². The van der Waals surface area contributed by atoms with Gasteiger partial charge in [-0.3, -0.25) is 0 Å². The van der Waals surface area contributed by atoms with Crippen molar-refractivity contribution in [2.24, 2.45) is 0 Å². The third-order valence-corrected chi connectivity index (χ3v) is 3.47. The lowest BCUT2D eigenvalue weighted by Crippen LogP contribution is -2.18. The monoisotopic (exact) mass is 256 g/mol. The van der Waals surface area contributed by atoms with Crippen molar-refractivity contribution in [2.75, 3.05) is 7.11 Å². The second-order valence-corrected chi connectivity index (χ2v) is 4.67. The molecule has 1 aliphatic heterocycles. The number of hydrogen-bond acceptors (Lipinski definition) is 3. The van der Waals surface area contributed by atoms with Gasteiger partial charge in [-0.05, 0) is 23.8 Å². The lowest BCUT2D eigenvalue weighted by Gasteiger charge is -2.29. The summed E-state index contributed by atoms with van der Waals surface area (Å²) in [5.41, 5.74) is 1.92. The predicted octanol–water partition coefficient (Wildman–Crippen LogP) is 3.25. The molecule has 1 N–H and O–H groups in total. The van der Waals surface area contributed by atoms with Crippen molar-refractivity contribution < 1.29 is 14.6 Å². The van der Waals surface area contributed by atoms with Gasteiger partial charge in [-0.1, -0.05) is 30.3 Å². The highest BCUT2D eigenvalue weighted by Gasteiger charge is 2.27. The molecule has 0 fully saturated rings. The van der Waals surface area contributed by atoms with Crippen molar-refractivity contribution >= 4 is 0 Å². The first-order valence-electron chi connectivity index (χ1n) is 6.35. The predicted molar refractivity (Wildman–Crippen MR) is 72.4 cm³/mol. The molecule has 98 valence electrons. The number of hydrogen-bond donors (Lipinski definition) is 1. The first-order valence-corrected chi connectivity index (χ1v) is 6.35. The van der Waals surface area contributed by atoms with Gasteiger partial charge >= 0.3 is 0 Å². The van der Waals surface area contributed by atoms with E-state index in [0.29, 0.717) is 6.42 Å². The Morgan fingerprint density at radius 3 is 2.58 bits per heavy atom. The molecule has 1 heterocycles. The highest BCUT2D eigenvalue weighted by Crippen LogP contribution is 2.40. The zero-order chi connectivity index (χ0) is 13.2. The molecule has 3 nitrogen and oxygen atoms in total. The minimum Gasteiger partial charge on any atom is -0.497 e. The van der Waals surface area contributed by atoms with E-state index in [9.17, 15) is 5.11 Å². The Balaban J connectivity index is 1.87. The molecule has 0 aromatic heterocycles. The zero-order valence-corrected chi connectivity index (χ0v) is 10.7. The van der Waals surface area contributed by atoms with E-state index in [-0.39, 0.29) is 6.10 Å². The van der Waals surface area contributed by atoms with Crippen LogP contribution in [0.2, 0.25) is 0 Å². The molecule has 0 aliphatic carbocycles. The lowest BCUT2D eigenvalue weighted by molar-refractivity contribution is 0.0657. The Kier molecular flexibility index (Phi) is 3.13. The van der Waals surface area contributed by atoms with Crippen LogP contribution in [0.5, 0.6) is 11.5 Å². The van der Waals surface area contributed by atoms with E-state index in [2.05, 4.69) is 0 Å². The SMILES string of the molecule is COc1ccc([C@H]2C[C@@H](O)c3ccccc3O2)cc1. The van der Waals surface area contributed by atoms with E-state index in [1.807, 2.05) is 48.5 Å². The summed E-state index contributed by atoms with van der Waals surface area (Å²) in [5, 5.41) is 10.2. The van der Waals surface area contributed by atoms with E-state index >= 15 is 0 Å². The molecular formula is C16H16O3. The Morgan fingerprint density at radius 2 is 1.84 bits per heavy atom. The van der Waals surface area contributed by atoms with Crippen molar-refractivity contribution in [1.29, 1.82) is 0 Å².